The van der Waals surface area contributed by atoms with Gasteiger partial charge >= 0.3 is 5.79 Å². The highest BCUT2D eigenvalue weighted by molar-refractivity contribution is 7.99. The Morgan fingerprint density at radius 2 is 1.29 bits per heavy atom. The minimum atomic E-state index is -2.35. The molecule has 0 saturated carbocycles. The summed E-state index contributed by atoms with van der Waals surface area (Å²) in [5.74, 6) is -6.80. The zero-order valence-electron chi connectivity index (χ0n) is 17.4. The molecule has 3 aromatic carbocycles. The van der Waals surface area contributed by atoms with Gasteiger partial charge in [0.1, 0.15) is 29.1 Å². The number of ether oxygens (including phenoxy) is 2. The standard InChI is InChI=1S/C24H16F5NO3S/c25-13-1-3-16(19(28)9-13)24(17-4-2-14(26)10-20(17)29)32-21-11-15(18(27)12-22(21)33-24)23(31)30-5-7-34-8-6-30/h1-4,9-12H,5-8H2. The van der Waals surface area contributed by atoms with E-state index in [1.165, 1.54) is 4.90 Å². The predicted octanol–water partition coefficient (Wildman–Crippen LogP) is 5.24. The van der Waals surface area contributed by atoms with Crippen LogP contribution in [0.5, 0.6) is 11.5 Å². The van der Waals surface area contributed by atoms with E-state index in [1.807, 2.05) is 0 Å². The van der Waals surface area contributed by atoms with Crippen molar-refractivity contribution in [1.29, 1.82) is 0 Å². The molecule has 2 heterocycles. The topological polar surface area (TPSA) is 38.8 Å². The first-order valence-electron chi connectivity index (χ1n) is 10.3. The summed E-state index contributed by atoms with van der Waals surface area (Å²) in [5, 5.41) is 0. The van der Waals surface area contributed by atoms with Gasteiger partial charge in [0.25, 0.3) is 5.91 Å². The second-order valence-electron chi connectivity index (χ2n) is 7.75. The van der Waals surface area contributed by atoms with E-state index in [4.69, 9.17) is 9.47 Å². The zero-order chi connectivity index (χ0) is 24.0. The quantitative estimate of drug-likeness (QED) is 0.468. The Morgan fingerprint density at radius 3 is 1.82 bits per heavy atom. The largest absolute Gasteiger partial charge is 0.440 e. The van der Waals surface area contributed by atoms with Crippen LogP contribution in [0.3, 0.4) is 0 Å². The molecule has 0 N–H and O–H groups in total. The monoisotopic (exact) mass is 493 g/mol. The van der Waals surface area contributed by atoms with Gasteiger partial charge in [-0.25, -0.2) is 22.0 Å². The summed E-state index contributed by atoms with van der Waals surface area (Å²) >= 11 is 1.68. The van der Waals surface area contributed by atoms with Crippen LogP contribution >= 0.6 is 11.8 Å². The third-order valence-electron chi connectivity index (χ3n) is 5.64. The number of carbonyl (C=O) groups excluding carboxylic acids is 1. The molecule has 34 heavy (non-hydrogen) atoms. The fourth-order valence-corrected chi connectivity index (χ4v) is 4.91. The molecule has 2 aliphatic rings. The minimum Gasteiger partial charge on any atom is -0.440 e. The molecule has 0 aromatic heterocycles. The summed E-state index contributed by atoms with van der Waals surface area (Å²) in [6, 6.07) is 6.93. The highest BCUT2D eigenvalue weighted by Gasteiger charge is 2.50. The van der Waals surface area contributed by atoms with Crippen molar-refractivity contribution in [1.82, 2.24) is 4.90 Å². The maximum Gasteiger partial charge on any atom is 0.311 e. The molecule has 10 heteroatoms. The highest BCUT2D eigenvalue weighted by atomic mass is 32.2. The Morgan fingerprint density at radius 1 is 0.765 bits per heavy atom. The van der Waals surface area contributed by atoms with Gasteiger partial charge in [-0.1, -0.05) is 0 Å². The minimum absolute atomic E-state index is 0.149. The van der Waals surface area contributed by atoms with Crippen LogP contribution in [0.15, 0.2) is 48.5 Å². The molecule has 0 bridgehead atoms. The molecular weight excluding hydrogens is 477 g/mol. The Bertz CT molecular complexity index is 1240. The fourth-order valence-electron chi connectivity index (χ4n) is 4.00. The summed E-state index contributed by atoms with van der Waals surface area (Å²) in [6.45, 7) is 0.895. The maximum absolute atomic E-state index is 14.9. The molecule has 0 spiro atoms. The third kappa shape index (κ3) is 3.75. The first kappa shape index (κ1) is 22.5. The van der Waals surface area contributed by atoms with E-state index >= 15 is 0 Å². The van der Waals surface area contributed by atoms with E-state index in [9.17, 15) is 26.7 Å². The van der Waals surface area contributed by atoms with Crippen molar-refractivity contribution in [3.8, 4) is 11.5 Å². The Labute approximate surface area is 195 Å². The van der Waals surface area contributed by atoms with Crippen molar-refractivity contribution >= 4 is 17.7 Å². The van der Waals surface area contributed by atoms with Gasteiger partial charge in [0.05, 0.1) is 16.7 Å². The number of rotatable bonds is 3. The smallest absolute Gasteiger partial charge is 0.311 e. The van der Waals surface area contributed by atoms with Crippen molar-refractivity contribution in [2.45, 2.75) is 5.79 Å². The first-order chi connectivity index (χ1) is 16.3. The Balaban J connectivity index is 1.62. The van der Waals surface area contributed by atoms with Gasteiger partial charge in [0.2, 0.25) is 0 Å². The van der Waals surface area contributed by atoms with Crippen molar-refractivity contribution in [3.63, 3.8) is 0 Å². The van der Waals surface area contributed by atoms with E-state index in [0.29, 0.717) is 36.7 Å². The van der Waals surface area contributed by atoms with Crippen LogP contribution in [-0.2, 0) is 5.79 Å². The van der Waals surface area contributed by atoms with Gasteiger partial charge in [-0.2, -0.15) is 11.8 Å². The zero-order valence-corrected chi connectivity index (χ0v) is 18.2. The van der Waals surface area contributed by atoms with Crippen LogP contribution in [-0.4, -0.2) is 35.4 Å². The van der Waals surface area contributed by atoms with Crippen molar-refractivity contribution < 1.29 is 36.2 Å². The highest BCUT2D eigenvalue weighted by Crippen LogP contribution is 2.49. The molecule has 1 amide bonds. The molecule has 0 aliphatic carbocycles. The van der Waals surface area contributed by atoms with Gasteiger partial charge < -0.3 is 14.4 Å². The van der Waals surface area contributed by atoms with Gasteiger partial charge in [0.15, 0.2) is 11.5 Å². The molecular formula is C24H16F5NO3S. The molecule has 0 unspecified atom stereocenters. The molecule has 0 radical (unpaired) electrons. The van der Waals surface area contributed by atoms with Crippen molar-refractivity contribution in [3.05, 3.63) is 94.3 Å². The summed E-state index contributed by atoms with van der Waals surface area (Å²) < 4.78 is 83.4. The number of carbonyl (C=O) groups is 1. The van der Waals surface area contributed by atoms with Gasteiger partial charge in [0, 0.05) is 42.8 Å². The molecule has 3 aromatic rings. The molecule has 0 atom stereocenters. The normalized spacial score (nSPS) is 16.6. The lowest BCUT2D eigenvalue weighted by molar-refractivity contribution is -0.0516. The lowest BCUT2D eigenvalue weighted by atomic mass is 9.96. The first-order valence-corrected chi connectivity index (χ1v) is 11.4. The molecule has 1 saturated heterocycles. The van der Waals surface area contributed by atoms with Crippen LogP contribution in [0, 0.1) is 29.1 Å². The van der Waals surface area contributed by atoms with E-state index in [1.54, 1.807) is 11.8 Å². The molecule has 1 fully saturated rings. The Kier molecular flexibility index (Phi) is 5.63. The molecule has 5 rings (SSSR count). The number of hydrogen-bond acceptors (Lipinski definition) is 4. The van der Waals surface area contributed by atoms with Crippen LogP contribution in [0.25, 0.3) is 0 Å². The fraction of sp³-hybridized carbons (Fsp3) is 0.208. The third-order valence-corrected chi connectivity index (χ3v) is 6.58. The number of benzene rings is 3. The second-order valence-corrected chi connectivity index (χ2v) is 8.98. The Hall–Kier alpha value is -3.27. The van der Waals surface area contributed by atoms with E-state index in [0.717, 1.165) is 36.4 Å². The maximum atomic E-state index is 14.9. The summed E-state index contributed by atoms with van der Waals surface area (Å²) in [5.41, 5.74) is -1.13. The lowest BCUT2D eigenvalue weighted by Gasteiger charge is -2.29. The van der Waals surface area contributed by atoms with E-state index in [-0.39, 0.29) is 17.1 Å². The van der Waals surface area contributed by atoms with Crippen LogP contribution in [0.2, 0.25) is 0 Å². The van der Waals surface area contributed by atoms with E-state index < -0.39 is 51.9 Å². The number of amides is 1. The number of thioether (sulfide) groups is 1. The summed E-state index contributed by atoms with van der Waals surface area (Å²) in [7, 11) is 0. The molecule has 4 nitrogen and oxygen atoms in total. The molecule has 176 valence electrons. The SMILES string of the molecule is O=C(c1cc2c(cc1F)OC(c1ccc(F)cc1F)(c1ccc(F)cc1F)O2)N1CCSCC1. The van der Waals surface area contributed by atoms with Crippen molar-refractivity contribution in [2.24, 2.45) is 0 Å². The van der Waals surface area contributed by atoms with Crippen LogP contribution in [0.1, 0.15) is 21.5 Å². The number of hydrogen-bond donors (Lipinski definition) is 0. The van der Waals surface area contributed by atoms with E-state index in [2.05, 4.69) is 0 Å². The summed E-state index contributed by atoms with van der Waals surface area (Å²) in [6.07, 6.45) is 0. The average Bonchev–Trinajstić information content (AvgIpc) is 3.17. The predicted molar refractivity (Wildman–Crippen MR) is 114 cm³/mol. The lowest BCUT2D eigenvalue weighted by Crippen LogP contribution is -2.39. The molecule has 2 aliphatic heterocycles. The van der Waals surface area contributed by atoms with Gasteiger partial charge in [-0.05, 0) is 30.3 Å². The second kappa shape index (κ2) is 8.50. The van der Waals surface area contributed by atoms with Gasteiger partial charge in [-0.3, -0.25) is 4.79 Å². The summed E-state index contributed by atoms with van der Waals surface area (Å²) in [4.78, 5) is 14.4. The van der Waals surface area contributed by atoms with Gasteiger partial charge in [-0.15, -0.1) is 0 Å². The average molecular weight is 493 g/mol. The number of fused-ring (bicyclic) bond motifs is 1. The van der Waals surface area contributed by atoms with Crippen LogP contribution < -0.4 is 9.47 Å². The number of nitrogens with zero attached hydrogens (tertiary/aromatic N) is 1. The number of halogens is 5. The van der Waals surface area contributed by atoms with Crippen LogP contribution in [0.4, 0.5) is 22.0 Å². The van der Waals surface area contributed by atoms with Crippen molar-refractivity contribution in [2.75, 3.05) is 24.6 Å².